The van der Waals surface area contributed by atoms with Crippen LogP contribution in [0, 0.1) is 23.7 Å². The lowest BCUT2D eigenvalue weighted by Crippen LogP contribution is -2.56. The Labute approximate surface area is 146 Å². The Bertz CT molecular complexity index is 860. The minimum atomic E-state index is -0.147. The maximum Gasteiger partial charge on any atom is 0.261 e. The summed E-state index contributed by atoms with van der Waals surface area (Å²) in [7, 11) is 0. The maximum absolute atomic E-state index is 12.6. The van der Waals surface area contributed by atoms with E-state index in [1.165, 1.54) is 43.0 Å². The van der Waals surface area contributed by atoms with Crippen LogP contribution < -0.4 is 10.9 Å². The zero-order valence-corrected chi connectivity index (χ0v) is 14.2. The maximum atomic E-state index is 12.6. The van der Waals surface area contributed by atoms with Gasteiger partial charge in [-0.2, -0.15) is 0 Å². The molecule has 0 atom stereocenters. The lowest BCUT2D eigenvalue weighted by Gasteiger charge is -2.54. The van der Waals surface area contributed by atoms with Gasteiger partial charge in [0.1, 0.15) is 6.54 Å². The number of fused-ring (bicyclic) bond motifs is 1. The number of carbonyl (C=O) groups is 1. The minimum Gasteiger partial charge on any atom is -0.351 e. The molecule has 5 heteroatoms. The number of para-hydroxylation sites is 1. The molecule has 1 aromatic carbocycles. The average molecular weight is 337 g/mol. The van der Waals surface area contributed by atoms with E-state index in [4.69, 9.17) is 0 Å². The van der Waals surface area contributed by atoms with Gasteiger partial charge in [-0.15, -0.1) is 0 Å². The summed E-state index contributed by atoms with van der Waals surface area (Å²) in [6, 6.07) is 7.57. The summed E-state index contributed by atoms with van der Waals surface area (Å²) in [6.45, 7) is 0.0550. The lowest BCUT2D eigenvalue weighted by atomic mass is 9.54. The van der Waals surface area contributed by atoms with E-state index < -0.39 is 0 Å². The quantitative estimate of drug-likeness (QED) is 0.935. The monoisotopic (exact) mass is 337 g/mol. The van der Waals surface area contributed by atoms with Gasteiger partial charge in [-0.25, -0.2) is 4.98 Å². The van der Waals surface area contributed by atoms with Gasteiger partial charge in [0.2, 0.25) is 5.91 Å². The van der Waals surface area contributed by atoms with Gasteiger partial charge in [0, 0.05) is 6.04 Å². The van der Waals surface area contributed by atoms with Crippen molar-refractivity contribution in [2.24, 2.45) is 23.7 Å². The Morgan fingerprint density at radius 3 is 2.48 bits per heavy atom. The normalized spacial score (nSPS) is 32.9. The van der Waals surface area contributed by atoms with Gasteiger partial charge in [-0.05, 0) is 67.9 Å². The summed E-state index contributed by atoms with van der Waals surface area (Å²) in [6.07, 6.45) is 7.99. The van der Waals surface area contributed by atoms with Gasteiger partial charge in [-0.3, -0.25) is 14.2 Å². The summed E-state index contributed by atoms with van der Waals surface area (Å²) in [5.41, 5.74) is 0.524. The Morgan fingerprint density at radius 2 is 1.76 bits per heavy atom. The van der Waals surface area contributed by atoms with E-state index in [0.717, 1.165) is 11.8 Å². The molecule has 1 N–H and O–H groups in total. The highest BCUT2D eigenvalue weighted by molar-refractivity contribution is 5.79. The third-order valence-corrected chi connectivity index (χ3v) is 6.60. The first kappa shape index (κ1) is 15.1. The first-order valence-corrected chi connectivity index (χ1v) is 9.41. The van der Waals surface area contributed by atoms with E-state index in [9.17, 15) is 9.59 Å². The molecule has 25 heavy (non-hydrogen) atoms. The van der Waals surface area contributed by atoms with Gasteiger partial charge in [0.05, 0.1) is 17.2 Å². The number of nitrogens with zero attached hydrogens (tertiary/aromatic N) is 2. The second-order valence-corrected chi connectivity index (χ2v) is 8.22. The summed E-state index contributed by atoms with van der Waals surface area (Å²) < 4.78 is 1.42. The van der Waals surface area contributed by atoms with Crippen molar-refractivity contribution in [1.82, 2.24) is 14.9 Å². The van der Waals surface area contributed by atoms with E-state index >= 15 is 0 Å². The SMILES string of the molecule is O=C(Cn1cnc2ccccc2c1=O)NC1C2CC3CC(C2)CC1C3. The highest BCUT2D eigenvalue weighted by Gasteiger charge is 2.48. The van der Waals surface area contributed by atoms with E-state index in [2.05, 4.69) is 10.3 Å². The van der Waals surface area contributed by atoms with Crippen LogP contribution in [0.4, 0.5) is 0 Å². The van der Waals surface area contributed by atoms with Crippen molar-refractivity contribution in [3.63, 3.8) is 0 Å². The molecule has 0 spiro atoms. The molecular formula is C20H23N3O2. The van der Waals surface area contributed by atoms with Crippen molar-refractivity contribution in [2.75, 3.05) is 0 Å². The van der Waals surface area contributed by atoms with Crippen LogP contribution in [0.2, 0.25) is 0 Å². The lowest BCUT2D eigenvalue weighted by molar-refractivity contribution is -0.125. The Morgan fingerprint density at radius 1 is 1.08 bits per heavy atom. The molecule has 6 rings (SSSR count). The predicted octanol–water partition coefficient (Wildman–Crippen LogP) is 2.34. The first-order valence-electron chi connectivity index (χ1n) is 9.41. The van der Waals surface area contributed by atoms with Gasteiger partial charge in [0.15, 0.2) is 0 Å². The molecule has 0 saturated heterocycles. The average Bonchev–Trinajstić information content (AvgIpc) is 2.60. The van der Waals surface area contributed by atoms with Crippen LogP contribution >= 0.6 is 0 Å². The molecule has 1 amide bonds. The summed E-state index contributed by atoms with van der Waals surface area (Å²) in [5.74, 6) is 3.01. The Balaban J connectivity index is 1.33. The van der Waals surface area contributed by atoms with Crippen molar-refractivity contribution in [1.29, 1.82) is 0 Å². The molecule has 5 nitrogen and oxygen atoms in total. The fourth-order valence-electron chi connectivity index (χ4n) is 5.77. The minimum absolute atomic E-state index is 0.0550. The summed E-state index contributed by atoms with van der Waals surface area (Å²) in [5, 5.41) is 3.82. The molecule has 4 aliphatic rings. The van der Waals surface area contributed by atoms with Crippen LogP contribution in [-0.2, 0) is 11.3 Å². The molecule has 4 saturated carbocycles. The molecule has 4 bridgehead atoms. The van der Waals surface area contributed by atoms with E-state index in [1.807, 2.05) is 18.2 Å². The van der Waals surface area contributed by atoms with Crippen LogP contribution in [-0.4, -0.2) is 21.5 Å². The summed E-state index contributed by atoms with van der Waals surface area (Å²) in [4.78, 5) is 29.4. The molecule has 0 aliphatic heterocycles. The van der Waals surface area contributed by atoms with Gasteiger partial charge in [-0.1, -0.05) is 12.1 Å². The number of rotatable bonds is 3. The number of amides is 1. The van der Waals surface area contributed by atoms with Crippen molar-refractivity contribution >= 4 is 16.8 Å². The standard InChI is InChI=1S/C20H23N3O2/c24-18(10-23-11-21-17-4-2-1-3-16(17)20(23)25)22-19-14-6-12-5-13(8-14)9-15(19)7-12/h1-4,11-15,19H,5-10H2,(H,22,24). The molecular weight excluding hydrogens is 314 g/mol. The second kappa shape index (κ2) is 5.68. The Kier molecular flexibility index (Phi) is 3.43. The van der Waals surface area contributed by atoms with Crippen LogP contribution in [0.1, 0.15) is 32.1 Å². The van der Waals surface area contributed by atoms with Crippen LogP contribution in [0.25, 0.3) is 10.9 Å². The third-order valence-electron chi connectivity index (χ3n) is 6.60. The fraction of sp³-hybridized carbons (Fsp3) is 0.550. The molecule has 1 aromatic heterocycles. The predicted molar refractivity (Wildman–Crippen MR) is 95.0 cm³/mol. The number of aromatic nitrogens is 2. The smallest absolute Gasteiger partial charge is 0.261 e. The molecule has 0 radical (unpaired) electrons. The van der Waals surface area contributed by atoms with Gasteiger partial charge < -0.3 is 5.32 Å². The molecule has 4 fully saturated rings. The number of carbonyl (C=O) groups excluding carboxylic acids is 1. The number of benzene rings is 1. The first-order chi connectivity index (χ1) is 12.2. The zero-order valence-electron chi connectivity index (χ0n) is 14.2. The topological polar surface area (TPSA) is 64.0 Å². The van der Waals surface area contributed by atoms with E-state index in [1.54, 1.807) is 6.07 Å². The Hall–Kier alpha value is -2.17. The second-order valence-electron chi connectivity index (χ2n) is 8.22. The third kappa shape index (κ3) is 2.57. The fourth-order valence-corrected chi connectivity index (χ4v) is 5.77. The number of nitrogens with one attached hydrogen (secondary N) is 1. The highest BCUT2D eigenvalue weighted by Crippen LogP contribution is 2.53. The zero-order chi connectivity index (χ0) is 17.0. The molecule has 4 aliphatic carbocycles. The van der Waals surface area contributed by atoms with Crippen LogP contribution in [0.15, 0.2) is 35.4 Å². The van der Waals surface area contributed by atoms with Crippen LogP contribution in [0.5, 0.6) is 0 Å². The van der Waals surface area contributed by atoms with Crippen LogP contribution in [0.3, 0.4) is 0 Å². The van der Waals surface area contributed by atoms with Gasteiger partial charge >= 0.3 is 0 Å². The summed E-state index contributed by atoms with van der Waals surface area (Å²) >= 11 is 0. The molecule has 2 aromatic rings. The van der Waals surface area contributed by atoms with E-state index in [0.29, 0.717) is 28.8 Å². The largest absolute Gasteiger partial charge is 0.351 e. The highest BCUT2D eigenvalue weighted by atomic mass is 16.2. The van der Waals surface area contributed by atoms with Gasteiger partial charge in [0.25, 0.3) is 5.56 Å². The van der Waals surface area contributed by atoms with Crippen molar-refractivity contribution in [3.8, 4) is 0 Å². The molecule has 1 heterocycles. The van der Waals surface area contributed by atoms with Crippen molar-refractivity contribution < 1.29 is 4.79 Å². The number of hydrogen-bond acceptors (Lipinski definition) is 3. The van der Waals surface area contributed by atoms with Crippen molar-refractivity contribution in [2.45, 2.75) is 44.7 Å². The number of hydrogen-bond donors (Lipinski definition) is 1. The van der Waals surface area contributed by atoms with Crippen molar-refractivity contribution in [3.05, 3.63) is 40.9 Å². The molecule has 130 valence electrons. The van der Waals surface area contributed by atoms with E-state index in [-0.39, 0.29) is 18.0 Å². The molecule has 0 unspecified atom stereocenters.